The highest BCUT2D eigenvalue weighted by Crippen LogP contribution is 2.31. The van der Waals surface area contributed by atoms with Crippen molar-refractivity contribution in [3.8, 4) is 5.75 Å². The number of halogens is 3. The van der Waals surface area contributed by atoms with Crippen molar-refractivity contribution >= 4 is 21.9 Å². The van der Waals surface area contributed by atoms with Crippen LogP contribution >= 0.6 is 15.9 Å². The van der Waals surface area contributed by atoms with Crippen molar-refractivity contribution in [2.24, 2.45) is 0 Å². The number of benzene rings is 1. The van der Waals surface area contributed by atoms with Crippen molar-refractivity contribution in [3.63, 3.8) is 0 Å². The van der Waals surface area contributed by atoms with Gasteiger partial charge in [-0.3, -0.25) is 0 Å². The summed E-state index contributed by atoms with van der Waals surface area (Å²) in [4.78, 5) is 10.5. The molecule has 14 heavy (non-hydrogen) atoms. The van der Waals surface area contributed by atoms with Crippen molar-refractivity contribution in [2.45, 2.75) is 0 Å². The van der Waals surface area contributed by atoms with Crippen LogP contribution in [0.2, 0.25) is 0 Å². The Labute approximate surface area is 86.4 Å². The van der Waals surface area contributed by atoms with Crippen LogP contribution in [0.5, 0.6) is 5.75 Å². The molecule has 0 aliphatic rings. The van der Waals surface area contributed by atoms with Crippen molar-refractivity contribution < 1.29 is 23.4 Å². The minimum Gasteiger partial charge on any atom is -0.491 e. The summed E-state index contributed by atoms with van der Waals surface area (Å²) in [5.74, 6) is -4.14. The number of rotatable bonds is 2. The van der Waals surface area contributed by atoms with Crippen LogP contribution < -0.4 is 4.74 Å². The smallest absolute Gasteiger partial charge is 0.337 e. The maximum Gasteiger partial charge on any atom is 0.337 e. The highest BCUT2D eigenvalue weighted by molar-refractivity contribution is 9.10. The molecule has 6 heteroatoms. The van der Waals surface area contributed by atoms with E-state index in [1.54, 1.807) is 0 Å². The van der Waals surface area contributed by atoms with Gasteiger partial charge in [-0.15, -0.1) is 0 Å². The largest absolute Gasteiger partial charge is 0.491 e. The monoisotopic (exact) mass is 266 g/mol. The maximum absolute atomic E-state index is 13.2. The summed E-state index contributed by atoms with van der Waals surface area (Å²) in [5, 5.41) is 8.57. The Morgan fingerprint density at radius 2 is 2.14 bits per heavy atom. The quantitative estimate of drug-likeness (QED) is 0.837. The molecule has 0 atom stereocenters. The topological polar surface area (TPSA) is 46.5 Å². The fraction of sp³-hybridized carbons (Fsp3) is 0.125. The van der Waals surface area contributed by atoms with E-state index in [2.05, 4.69) is 20.7 Å². The van der Waals surface area contributed by atoms with Gasteiger partial charge in [0.1, 0.15) is 0 Å². The van der Waals surface area contributed by atoms with Crippen LogP contribution in [0, 0.1) is 11.6 Å². The molecule has 0 unspecified atom stereocenters. The molecule has 0 bridgehead atoms. The zero-order valence-corrected chi connectivity index (χ0v) is 8.56. The van der Waals surface area contributed by atoms with Crippen molar-refractivity contribution in [1.82, 2.24) is 0 Å². The summed E-state index contributed by atoms with van der Waals surface area (Å²) in [5.41, 5.74) is -0.485. The van der Waals surface area contributed by atoms with Gasteiger partial charge in [0.2, 0.25) is 0 Å². The molecular formula is C8H5BrF2O3. The van der Waals surface area contributed by atoms with Crippen molar-refractivity contribution in [2.75, 3.05) is 7.11 Å². The highest BCUT2D eigenvalue weighted by atomic mass is 79.9. The van der Waals surface area contributed by atoms with Gasteiger partial charge in [0.05, 0.1) is 17.1 Å². The first kappa shape index (κ1) is 10.9. The summed E-state index contributed by atoms with van der Waals surface area (Å²) in [6.45, 7) is 0. The SMILES string of the molecule is COc1c(F)cc(C(=O)O)c(Br)c1F. The summed E-state index contributed by atoms with van der Waals surface area (Å²) >= 11 is 2.70. The number of carboxylic acid groups (broad SMARTS) is 1. The van der Waals surface area contributed by atoms with Gasteiger partial charge in [0, 0.05) is 0 Å². The van der Waals surface area contributed by atoms with E-state index < -0.39 is 28.9 Å². The van der Waals surface area contributed by atoms with E-state index in [4.69, 9.17) is 5.11 Å². The van der Waals surface area contributed by atoms with Crippen molar-refractivity contribution in [1.29, 1.82) is 0 Å². The molecule has 0 saturated carbocycles. The fourth-order valence-electron chi connectivity index (χ4n) is 0.921. The first-order valence-corrected chi connectivity index (χ1v) is 4.23. The molecule has 3 nitrogen and oxygen atoms in total. The highest BCUT2D eigenvalue weighted by Gasteiger charge is 2.20. The van der Waals surface area contributed by atoms with Gasteiger partial charge < -0.3 is 9.84 Å². The summed E-state index contributed by atoms with van der Waals surface area (Å²) in [6, 6.07) is 0.689. The van der Waals surface area contributed by atoms with Crippen LogP contribution in [0.3, 0.4) is 0 Å². The predicted octanol–water partition coefficient (Wildman–Crippen LogP) is 2.43. The lowest BCUT2D eigenvalue weighted by atomic mass is 10.2. The molecule has 0 aliphatic carbocycles. The van der Waals surface area contributed by atoms with Crippen LogP contribution in [0.4, 0.5) is 8.78 Å². The first-order chi connectivity index (χ1) is 6.49. The molecule has 0 radical (unpaired) electrons. The average molecular weight is 267 g/mol. The Kier molecular flexibility index (Phi) is 3.05. The van der Waals surface area contributed by atoms with E-state index in [1.165, 1.54) is 0 Å². The molecular weight excluding hydrogens is 262 g/mol. The van der Waals surface area contributed by atoms with Gasteiger partial charge in [-0.1, -0.05) is 0 Å². The molecule has 76 valence electrons. The maximum atomic E-state index is 13.2. The van der Waals surface area contributed by atoms with E-state index >= 15 is 0 Å². The van der Waals surface area contributed by atoms with Crippen LogP contribution in [0.1, 0.15) is 10.4 Å². The standard InChI is InChI=1S/C8H5BrF2O3/c1-14-7-4(10)2-3(8(12)13)5(9)6(7)11/h2H,1H3,(H,12,13). The molecule has 0 amide bonds. The third-order valence-corrected chi connectivity index (χ3v) is 2.33. The van der Waals surface area contributed by atoms with E-state index in [0.29, 0.717) is 6.07 Å². The van der Waals surface area contributed by atoms with Gasteiger partial charge in [-0.2, -0.15) is 0 Å². The lowest BCUT2D eigenvalue weighted by molar-refractivity contribution is 0.0694. The van der Waals surface area contributed by atoms with Crippen LogP contribution in [-0.4, -0.2) is 18.2 Å². The minimum absolute atomic E-state index is 0.330. The number of hydrogen-bond acceptors (Lipinski definition) is 2. The van der Waals surface area contributed by atoms with Gasteiger partial charge in [0.15, 0.2) is 17.4 Å². The number of carbonyl (C=O) groups is 1. The van der Waals surface area contributed by atoms with E-state index in [-0.39, 0.29) is 4.47 Å². The van der Waals surface area contributed by atoms with Crippen LogP contribution in [0.25, 0.3) is 0 Å². The fourth-order valence-corrected chi connectivity index (χ4v) is 1.39. The molecule has 0 aliphatic heterocycles. The minimum atomic E-state index is -1.42. The zero-order chi connectivity index (χ0) is 10.9. The number of carboxylic acids is 1. The van der Waals surface area contributed by atoms with Crippen LogP contribution in [0.15, 0.2) is 10.5 Å². The molecule has 1 N–H and O–H groups in total. The van der Waals surface area contributed by atoms with Gasteiger partial charge in [-0.05, 0) is 22.0 Å². The third kappa shape index (κ3) is 1.70. The third-order valence-electron chi connectivity index (χ3n) is 1.55. The summed E-state index contributed by atoms with van der Waals surface area (Å²) in [7, 11) is 1.09. The molecule has 0 spiro atoms. The molecule has 1 aromatic carbocycles. The predicted molar refractivity (Wildman–Crippen MR) is 47.6 cm³/mol. The molecule has 1 rings (SSSR count). The Morgan fingerprint density at radius 3 is 2.57 bits per heavy atom. The first-order valence-electron chi connectivity index (χ1n) is 3.43. The molecule has 0 fully saturated rings. The lowest BCUT2D eigenvalue weighted by Gasteiger charge is -2.07. The average Bonchev–Trinajstić information content (AvgIpc) is 2.12. The number of ether oxygens (including phenoxy) is 1. The normalized spacial score (nSPS) is 10.0. The van der Waals surface area contributed by atoms with E-state index in [9.17, 15) is 13.6 Å². The Morgan fingerprint density at radius 1 is 1.57 bits per heavy atom. The van der Waals surface area contributed by atoms with Gasteiger partial charge in [-0.25, -0.2) is 13.6 Å². The second kappa shape index (κ2) is 3.91. The second-order valence-electron chi connectivity index (χ2n) is 2.37. The number of hydrogen-bond donors (Lipinski definition) is 1. The number of aromatic carboxylic acids is 1. The Bertz CT molecular complexity index is 393. The van der Waals surface area contributed by atoms with Gasteiger partial charge >= 0.3 is 5.97 Å². The van der Waals surface area contributed by atoms with E-state index in [0.717, 1.165) is 7.11 Å². The lowest BCUT2D eigenvalue weighted by Crippen LogP contribution is -2.03. The van der Waals surface area contributed by atoms with Crippen molar-refractivity contribution in [3.05, 3.63) is 27.7 Å². The second-order valence-corrected chi connectivity index (χ2v) is 3.17. The molecule has 0 aromatic heterocycles. The summed E-state index contributed by atoms with van der Waals surface area (Å²) < 4.78 is 30.3. The van der Waals surface area contributed by atoms with Gasteiger partial charge in [0.25, 0.3) is 0 Å². The molecule has 1 aromatic rings. The zero-order valence-electron chi connectivity index (χ0n) is 6.97. The summed E-state index contributed by atoms with van der Waals surface area (Å²) in [6.07, 6.45) is 0. The molecule has 0 heterocycles. The van der Waals surface area contributed by atoms with E-state index in [1.807, 2.05) is 0 Å². The van der Waals surface area contributed by atoms with Crippen LogP contribution in [-0.2, 0) is 0 Å². The molecule has 0 saturated heterocycles. The Balaban J connectivity index is 3.47. The Hall–Kier alpha value is -1.17. The number of methoxy groups -OCH3 is 1.